The molecule has 1 aliphatic heterocycles. The molecular weight excluding hydrogens is 350 g/mol. The molecule has 2 aromatic carbocycles. The van der Waals surface area contributed by atoms with Gasteiger partial charge in [0.2, 0.25) is 0 Å². The Morgan fingerprint density at radius 3 is 2.30 bits per heavy atom. The number of benzene rings is 2. The van der Waals surface area contributed by atoms with Gasteiger partial charge < -0.3 is 14.4 Å². The number of piperazine rings is 1. The van der Waals surface area contributed by atoms with E-state index in [0.717, 1.165) is 43.4 Å². The third-order valence-electron chi connectivity index (χ3n) is 5.29. The van der Waals surface area contributed by atoms with E-state index in [2.05, 4.69) is 22.8 Å². The number of hydrogen-bond acceptors (Lipinski definition) is 4. The molecule has 27 heavy (non-hydrogen) atoms. The van der Waals surface area contributed by atoms with Crippen LogP contribution in [0.1, 0.15) is 24.1 Å². The van der Waals surface area contributed by atoms with Crippen LogP contribution < -0.4 is 14.4 Å². The summed E-state index contributed by atoms with van der Waals surface area (Å²) in [5.74, 6) is 0.964. The van der Waals surface area contributed by atoms with Gasteiger partial charge in [-0.2, -0.15) is 0 Å². The van der Waals surface area contributed by atoms with Gasteiger partial charge >= 0.3 is 0 Å². The second-order valence-electron chi connectivity index (χ2n) is 6.72. The predicted octanol–water partition coefficient (Wildman–Crippen LogP) is 4.20. The van der Waals surface area contributed by atoms with Crippen LogP contribution in [0.25, 0.3) is 0 Å². The van der Waals surface area contributed by atoms with Crippen molar-refractivity contribution in [1.29, 1.82) is 0 Å². The van der Waals surface area contributed by atoms with Crippen LogP contribution in [0.15, 0.2) is 36.4 Å². The molecule has 0 aromatic heterocycles. The highest BCUT2D eigenvalue weighted by Crippen LogP contribution is 2.32. The molecule has 2 aromatic rings. The number of halogens is 2. The molecular formula is C21H26F2N2O2. The van der Waals surface area contributed by atoms with Gasteiger partial charge in [0.15, 0.2) is 11.5 Å². The van der Waals surface area contributed by atoms with Crippen LogP contribution in [0.2, 0.25) is 0 Å². The van der Waals surface area contributed by atoms with Crippen molar-refractivity contribution < 1.29 is 18.3 Å². The first-order valence-corrected chi connectivity index (χ1v) is 9.12. The minimum Gasteiger partial charge on any atom is -0.493 e. The standard InChI is InChI=1S/C21H26F2N2O2/c1-15(16-4-7-20(26-2)21(13-16)27-3)24-8-10-25(11-9-24)18-5-6-19(23)17(12-18)14-22/h4-7,12-13,15H,8-11,14H2,1-3H3. The smallest absolute Gasteiger partial charge is 0.161 e. The van der Waals surface area contributed by atoms with E-state index in [1.165, 1.54) is 11.6 Å². The summed E-state index contributed by atoms with van der Waals surface area (Å²) < 4.78 is 37.2. The van der Waals surface area contributed by atoms with Gasteiger partial charge in [-0.05, 0) is 42.8 Å². The number of nitrogens with zero attached hydrogens (tertiary/aromatic N) is 2. The summed E-state index contributed by atoms with van der Waals surface area (Å²) in [4.78, 5) is 4.58. The minimum absolute atomic E-state index is 0.119. The molecule has 1 saturated heterocycles. The molecule has 0 saturated carbocycles. The summed E-state index contributed by atoms with van der Waals surface area (Å²) in [5, 5.41) is 0. The molecule has 0 amide bonds. The fraction of sp³-hybridized carbons (Fsp3) is 0.429. The first kappa shape index (κ1) is 19.4. The third kappa shape index (κ3) is 4.16. The number of ether oxygens (including phenoxy) is 2. The summed E-state index contributed by atoms with van der Waals surface area (Å²) in [6, 6.07) is 10.9. The Balaban J connectivity index is 1.66. The molecule has 3 rings (SSSR count). The van der Waals surface area contributed by atoms with E-state index < -0.39 is 12.5 Å². The number of hydrogen-bond donors (Lipinski definition) is 0. The molecule has 1 unspecified atom stereocenters. The summed E-state index contributed by atoms with van der Waals surface area (Å²) >= 11 is 0. The van der Waals surface area contributed by atoms with E-state index in [1.807, 2.05) is 12.1 Å². The largest absolute Gasteiger partial charge is 0.493 e. The first-order chi connectivity index (χ1) is 13.1. The Morgan fingerprint density at radius 1 is 0.963 bits per heavy atom. The maximum absolute atomic E-state index is 13.5. The van der Waals surface area contributed by atoms with Crippen LogP contribution in [0.5, 0.6) is 11.5 Å². The monoisotopic (exact) mass is 376 g/mol. The first-order valence-electron chi connectivity index (χ1n) is 9.12. The summed E-state index contributed by atoms with van der Waals surface area (Å²) in [6.07, 6.45) is 0. The zero-order valence-electron chi connectivity index (χ0n) is 16.0. The molecule has 0 radical (unpaired) electrons. The van der Waals surface area contributed by atoms with Gasteiger partial charge in [-0.1, -0.05) is 6.07 Å². The molecule has 0 aliphatic carbocycles. The second kappa shape index (κ2) is 8.57. The van der Waals surface area contributed by atoms with Crippen LogP contribution in [0, 0.1) is 5.82 Å². The van der Waals surface area contributed by atoms with Crippen molar-refractivity contribution >= 4 is 5.69 Å². The Labute approximate surface area is 159 Å². The number of alkyl halides is 1. The molecule has 4 nitrogen and oxygen atoms in total. The molecule has 146 valence electrons. The van der Waals surface area contributed by atoms with E-state index >= 15 is 0 Å². The fourth-order valence-corrected chi connectivity index (χ4v) is 3.55. The van der Waals surface area contributed by atoms with Crippen LogP contribution in [-0.4, -0.2) is 45.3 Å². The van der Waals surface area contributed by atoms with Gasteiger partial charge in [-0.15, -0.1) is 0 Å². The number of anilines is 1. The van der Waals surface area contributed by atoms with E-state index in [4.69, 9.17) is 9.47 Å². The van der Waals surface area contributed by atoms with Crippen molar-refractivity contribution in [2.45, 2.75) is 19.6 Å². The van der Waals surface area contributed by atoms with Crippen molar-refractivity contribution in [2.24, 2.45) is 0 Å². The van der Waals surface area contributed by atoms with E-state index in [0.29, 0.717) is 0 Å². The molecule has 1 fully saturated rings. The Bertz CT molecular complexity index is 777. The summed E-state index contributed by atoms with van der Waals surface area (Å²) in [6.45, 7) is 4.77. The fourth-order valence-electron chi connectivity index (χ4n) is 3.55. The van der Waals surface area contributed by atoms with Gasteiger partial charge in [-0.25, -0.2) is 8.78 Å². The van der Waals surface area contributed by atoms with Gasteiger partial charge in [0.25, 0.3) is 0 Å². The van der Waals surface area contributed by atoms with Crippen molar-refractivity contribution in [3.05, 3.63) is 53.3 Å². The lowest BCUT2D eigenvalue weighted by molar-refractivity contribution is 0.198. The Morgan fingerprint density at radius 2 is 1.67 bits per heavy atom. The molecule has 6 heteroatoms. The van der Waals surface area contributed by atoms with Gasteiger partial charge in [0.1, 0.15) is 12.5 Å². The zero-order valence-corrected chi connectivity index (χ0v) is 16.0. The lowest BCUT2D eigenvalue weighted by atomic mass is 10.0. The highest BCUT2D eigenvalue weighted by atomic mass is 19.1. The Kier molecular flexibility index (Phi) is 6.16. The minimum atomic E-state index is -0.782. The normalized spacial score (nSPS) is 16.3. The van der Waals surface area contributed by atoms with Crippen LogP contribution >= 0.6 is 0 Å². The average molecular weight is 376 g/mol. The number of methoxy groups -OCH3 is 2. The maximum Gasteiger partial charge on any atom is 0.161 e. The van der Waals surface area contributed by atoms with Gasteiger partial charge in [0, 0.05) is 43.5 Å². The third-order valence-corrected chi connectivity index (χ3v) is 5.29. The SMILES string of the molecule is COc1ccc(C(C)N2CCN(c3ccc(F)c(CF)c3)CC2)cc1OC. The molecule has 0 N–H and O–H groups in total. The molecule has 0 bridgehead atoms. The summed E-state index contributed by atoms with van der Waals surface area (Å²) in [5.41, 5.74) is 2.17. The summed E-state index contributed by atoms with van der Waals surface area (Å²) in [7, 11) is 3.27. The van der Waals surface area contributed by atoms with Crippen LogP contribution in [-0.2, 0) is 6.67 Å². The van der Waals surface area contributed by atoms with Gasteiger partial charge in [-0.3, -0.25) is 4.90 Å². The quantitative estimate of drug-likeness (QED) is 0.755. The van der Waals surface area contributed by atoms with Crippen molar-refractivity contribution in [2.75, 3.05) is 45.3 Å². The molecule has 1 heterocycles. The zero-order chi connectivity index (χ0) is 19.4. The topological polar surface area (TPSA) is 24.9 Å². The van der Waals surface area contributed by atoms with Crippen molar-refractivity contribution in [3.63, 3.8) is 0 Å². The van der Waals surface area contributed by atoms with Crippen LogP contribution in [0.3, 0.4) is 0 Å². The van der Waals surface area contributed by atoms with Crippen LogP contribution in [0.4, 0.5) is 14.5 Å². The van der Waals surface area contributed by atoms with E-state index in [9.17, 15) is 8.78 Å². The van der Waals surface area contributed by atoms with Gasteiger partial charge in [0.05, 0.1) is 14.2 Å². The predicted molar refractivity (Wildman–Crippen MR) is 103 cm³/mol. The van der Waals surface area contributed by atoms with Crippen molar-refractivity contribution in [3.8, 4) is 11.5 Å². The molecule has 1 atom stereocenters. The average Bonchev–Trinajstić information content (AvgIpc) is 2.73. The maximum atomic E-state index is 13.5. The lowest BCUT2D eigenvalue weighted by Gasteiger charge is -2.39. The van der Waals surface area contributed by atoms with E-state index in [1.54, 1.807) is 26.4 Å². The lowest BCUT2D eigenvalue weighted by Crippen LogP contribution is -2.47. The molecule has 0 spiro atoms. The van der Waals surface area contributed by atoms with Crippen molar-refractivity contribution in [1.82, 2.24) is 4.90 Å². The molecule has 1 aliphatic rings. The Hall–Kier alpha value is -2.34. The second-order valence-corrected chi connectivity index (χ2v) is 6.72. The van der Waals surface area contributed by atoms with E-state index in [-0.39, 0.29) is 11.6 Å². The highest BCUT2D eigenvalue weighted by molar-refractivity contribution is 5.49. The number of rotatable bonds is 6. The highest BCUT2D eigenvalue weighted by Gasteiger charge is 2.23.